The van der Waals surface area contributed by atoms with Crippen LogP contribution in [0.1, 0.15) is 54.5 Å². The predicted molar refractivity (Wildman–Crippen MR) is 206 cm³/mol. The van der Waals surface area contributed by atoms with Crippen molar-refractivity contribution in [2.75, 3.05) is 28.4 Å². The van der Waals surface area contributed by atoms with E-state index in [1.165, 1.54) is 33.4 Å². The molecule has 0 bridgehead atoms. The summed E-state index contributed by atoms with van der Waals surface area (Å²) in [6, 6.07) is 38.2. The van der Waals surface area contributed by atoms with Crippen LogP contribution in [-0.4, -0.2) is 28.4 Å². The number of rotatable bonds is 9. The molecule has 6 aromatic rings. The van der Waals surface area contributed by atoms with E-state index in [1.54, 1.807) is 28.4 Å². The third-order valence-electron chi connectivity index (χ3n) is 11.2. The van der Waals surface area contributed by atoms with Crippen LogP contribution < -0.4 is 23.7 Å². The molecule has 0 spiro atoms. The van der Waals surface area contributed by atoms with Gasteiger partial charge in [0.15, 0.2) is 17.1 Å². The summed E-state index contributed by atoms with van der Waals surface area (Å²) < 4.78 is 30.5. The van der Waals surface area contributed by atoms with Crippen molar-refractivity contribution in [2.24, 2.45) is 0 Å². The summed E-state index contributed by atoms with van der Waals surface area (Å²) in [7, 11) is 6.75. The van der Waals surface area contributed by atoms with Crippen molar-refractivity contribution < 1.29 is 23.7 Å². The lowest BCUT2D eigenvalue weighted by Crippen LogP contribution is -2.35. The van der Waals surface area contributed by atoms with E-state index in [2.05, 4.69) is 111 Å². The van der Waals surface area contributed by atoms with Crippen LogP contribution in [0.5, 0.6) is 28.7 Å². The minimum atomic E-state index is -0.938. The Morgan fingerprint density at radius 2 is 1.18 bits per heavy atom. The van der Waals surface area contributed by atoms with E-state index in [-0.39, 0.29) is 5.41 Å². The number of benzene rings is 6. The standard InChI is InChI=1S/C46H42O5/c1-7-45(8-2)39-26-30(29-12-10-9-11-13-29)14-23-35(39)42-37-27-40(49-5)41(50-6)28-38(37)44-36(43(42)45)24-25-46(51-44,31-15-19-33(47-3)20-16-31)32-17-21-34(48-4)22-18-32/h9-28H,7-8H2,1-6H3. The summed E-state index contributed by atoms with van der Waals surface area (Å²) in [4.78, 5) is 0. The molecule has 0 radical (unpaired) electrons. The van der Waals surface area contributed by atoms with E-state index in [0.717, 1.165) is 57.6 Å². The molecule has 1 heterocycles. The zero-order chi connectivity index (χ0) is 35.3. The molecular formula is C46H42O5. The highest BCUT2D eigenvalue weighted by Gasteiger charge is 2.47. The van der Waals surface area contributed by atoms with Crippen molar-refractivity contribution in [3.8, 4) is 51.0 Å². The Kier molecular flexibility index (Phi) is 8.02. The van der Waals surface area contributed by atoms with Crippen LogP contribution in [0.3, 0.4) is 0 Å². The number of hydrogen-bond donors (Lipinski definition) is 0. The SMILES string of the molecule is CCC1(CC)c2cc(-c3ccccc3)ccc2-c2c1c1c(c3cc(OC)c(OC)cc23)OC(c2ccc(OC)cc2)(c2ccc(OC)cc2)C=C1. The third-order valence-corrected chi connectivity index (χ3v) is 11.2. The molecule has 2 aliphatic rings. The smallest absolute Gasteiger partial charge is 0.178 e. The highest BCUT2D eigenvalue weighted by Crippen LogP contribution is 2.61. The van der Waals surface area contributed by atoms with Crippen molar-refractivity contribution >= 4 is 16.8 Å². The van der Waals surface area contributed by atoms with Crippen LogP contribution in [0.2, 0.25) is 0 Å². The molecule has 256 valence electrons. The van der Waals surface area contributed by atoms with Crippen molar-refractivity contribution in [2.45, 2.75) is 37.7 Å². The van der Waals surface area contributed by atoms with E-state index in [1.807, 2.05) is 24.3 Å². The molecule has 51 heavy (non-hydrogen) atoms. The Balaban J connectivity index is 1.45. The molecule has 0 fully saturated rings. The lowest BCUT2D eigenvalue weighted by atomic mass is 9.70. The van der Waals surface area contributed by atoms with Crippen LogP contribution in [0.15, 0.2) is 115 Å². The molecule has 1 aliphatic carbocycles. The highest BCUT2D eigenvalue weighted by atomic mass is 16.5. The van der Waals surface area contributed by atoms with Gasteiger partial charge in [0.05, 0.1) is 28.4 Å². The number of fused-ring (bicyclic) bond motifs is 8. The van der Waals surface area contributed by atoms with E-state index in [9.17, 15) is 0 Å². The van der Waals surface area contributed by atoms with Crippen LogP contribution in [0.4, 0.5) is 0 Å². The molecule has 0 saturated heterocycles. The van der Waals surface area contributed by atoms with Crippen LogP contribution in [-0.2, 0) is 11.0 Å². The normalized spacial score (nSPS) is 14.6. The summed E-state index contributed by atoms with van der Waals surface area (Å²) in [6.45, 7) is 4.63. The summed E-state index contributed by atoms with van der Waals surface area (Å²) in [5, 5.41) is 2.05. The van der Waals surface area contributed by atoms with Crippen molar-refractivity contribution in [1.82, 2.24) is 0 Å². The second kappa shape index (κ2) is 12.6. The van der Waals surface area contributed by atoms with Gasteiger partial charge in [-0.25, -0.2) is 0 Å². The summed E-state index contributed by atoms with van der Waals surface area (Å²) in [5.74, 6) is 3.73. The fraction of sp³-hybridized carbons (Fsp3) is 0.217. The first-order valence-electron chi connectivity index (χ1n) is 17.6. The molecule has 8 rings (SSSR count). The second-order valence-corrected chi connectivity index (χ2v) is 13.3. The molecular weight excluding hydrogens is 633 g/mol. The predicted octanol–water partition coefficient (Wildman–Crippen LogP) is 11.0. The minimum absolute atomic E-state index is 0.241. The van der Waals surface area contributed by atoms with Gasteiger partial charge in [-0.2, -0.15) is 0 Å². The average molecular weight is 675 g/mol. The van der Waals surface area contributed by atoms with Gasteiger partial charge in [0, 0.05) is 27.5 Å². The summed E-state index contributed by atoms with van der Waals surface area (Å²) in [5.41, 5.74) is 9.46. The Morgan fingerprint density at radius 1 is 0.588 bits per heavy atom. The van der Waals surface area contributed by atoms with Gasteiger partial charge in [-0.3, -0.25) is 0 Å². The monoisotopic (exact) mass is 674 g/mol. The van der Waals surface area contributed by atoms with E-state index in [4.69, 9.17) is 23.7 Å². The maximum atomic E-state index is 7.56. The Morgan fingerprint density at radius 3 is 1.73 bits per heavy atom. The van der Waals surface area contributed by atoms with Gasteiger partial charge in [0.25, 0.3) is 0 Å². The largest absolute Gasteiger partial charge is 0.497 e. The van der Waals surface area contributed by atoms with Gasteiger partial charge in [0.1, 0.15) is 17.2 Å². The van der Waals surface area contributed by atoms with Crippen molar-refractivity contribution in [3.63, 3.8) is 0 Å². The molecule has 1 aliphatic heterocycles. The number of ether oxygens (including phenoxy) is 5. The van der Waals surface area contributed by atoms with E-state index >= 15 is 0 Å². The lowest BCUT2D eigenvalue weighted by Gasteiger charge is -2.39. The first kappa shape index (κ1) is 32.5. The topological polar surface area (TPSA) is 46.2 Å². The van der Waals surface area contributed by atoms with Gasteiger partial charge in [-0.1, -0.05) is 86.7 Å². The molecule has 6 aromatic carbocycles. The molecule has 5 nitrogen and oxygen atoms in total. The van der Waals surface area contributed by atoms with E-state index in [0.29, 0.717) is 11.5 Å². The first-order chi connectivity index (χ1) is 24.9. The minimum Gasteiger partial charge on any atom is -0.497 e. The first-order valence-corrected chi connectivity index (χ1v) is 17.6. The van der Waals surface area contributed by atoms with Crippen molar-refractivity contribution in [3.05, 3.63) is 143 Å². The maximum Gasteiger partial charge on any atom is 0.178 e. The molecule has 0 amide bonds. The molecule has 0 aromatic heterocycles. The second-order valence-electron chi connectivity index (χ2n) is 13.3. The molecule has 0 saturated carbocycles. The Bertz CT molecular complexity index is 2230. The fourth-order valence-corrected chi connectivity index (χ4v) is 8.48. The van der Waals surface area contributed by atoms with Crippen LogP contribution >= 0.6 is 0 Å². The third kappa shape index (κ3) is 4.82. The van der Waals surface area contributed by atoms with Gasteiger partial charge in [-0.15, -0.1) is 0 Å². The number of methoxy groups -OCH3 is 4. The zero-order valence-corrected chi connectivity index (χ0v) is 30.0. The zero-order valence-electron chi connectivity index (χ0n) is 30.0. The van der Waals surface area contributed by atoms with Crippen LogP contribution in [0.25, 0.3) is 39.1 Å². The van der Waals surface area contributed by atoms with Crippen molar-refractivity contribution in [1.29, 1.82) is 0 Å². The lowest BCUT2D eigenvalue weighted by molar-refractivity contribution is 0.163. The van der Waals surface area contributed by atoms with Crippen LogP contribution in [0, 0.1) is 0 Å². The molecule has 0 atom stereocenters. The van der Waals surface area contributed by atoms with Gasteiger partial charge < -0.3 is 23.7 Å². The van der Waals surface area contributed by atoms with E-state index < -0.39 is 5.60 Å². The fourth-order valence-electron chi connectivity index (χ4n) is 8.48. The Hall–Kier alpha value is -5.68. The maximum absolute atomic E-state index is 7.56. The molecule has 0 N–H and O–H groups in total. The van der Waals surface area contributed by atoms with Gasteiger partial charge in [0.2, 0.25) is 0 Å². The quantitative estimate of drug-likeness (QED) is 0.153. The van der Waals surface area contributed by atoms with Gasteiger partial charge >= 0.3 is 0 Å². The van der Waals surface area contributed by atoms with Gasteiger partial charge in [-0.05, 0) is 100 Å². The average Bonchev–Trinajstić information content (AvgIpc) is 3.50. The molecule has 0 unspecified atom stereocenters. The molecule has 5 heteroatoms. The summed E-state index contributed by atoms with van der Waals surface area (Å²) >= 11 is 0. The highest BCUT2D eigenvalue weighted by molar-refractivity contribution is 6.10. The number of hydrogen-bond acceptors (Lipinski definition) is 5. The Labute approximate surface area is 300 Å². The summed E-state index contributed by atoms with van der Waals surface area (Å²) in [6.07, 6.45) is 6.39.